The number of piperidine rings is 1. The topological polar surface area (TPSA) is 46.6 Å². The molecule has 1 aromatic carbocycles. The van der Waals surface area contributed by atoms with Crippen LogP contribution in [0.15, 0.2) is 24.3 Å². The van der Waals surface area contributed by atoms with E-state index in [-0.39, 0.29) is 11.7 Å². The van der Waals surface area contributed by atoms with Gasteiger partial charge in [-0.3, -0.25) is 9.59 Å². The SMILES string of the molecule is COc1cccc(C(=O)N2CCC(=O)CC2)c1. The molecule has 4 heteroatoms. The van der Waals surface area contributed by atoms with E-state index in [4.69, 9.17) is 4.74 Å². The molecule has 0 aromatic heterocycles. The van der Waals surface area contributed by atoms with Crippen molar-refractivity contribution in [3.05, 3.63) is 29.8 Å². The van der Waals surface area contributed by atoms with Gasteiger partial charge in [0.25, 0.3) is 5.91 Å². The smallest absolute Gasteiger partial charge is 0.254 e. The average Bonchev–Trinajstić information content (AvgIpc) is 2.39. The third-order valence-corrected chi connectivity index (χ3v) is 2.93. The summed E-state index contributed by atoms with van der Waals surface area (Å²) in [5, 5.41) is 0. The Hall–Kier alpha value is -1.84. The first-order valence-corrected chi connectivity index (χ1v) is 5.66. The molecule has 0 radical (unpaired) electrons. The molecule has 0 bridgehead atoms. The first kappa shape index (κ1) is 11.6. The van der Waals surface area contributed by atoms with Crippen LogP contribution in [-0.4, -0.2) is 36.8 Å². The fourth-order valence-electron chi connectivity index (χ4n) is 1.90. The van der Waals surface area contributed by atoms with E-state index < -0.39 is 0 Å². The molecule has 1 aromatic rings. The number of hydrogen-bond acceptors (Lipinski definition) is 3. The Morgan fingerprint density at radius 1 is 1.29 bits per heavy atom. The molecule has 1 saturated heterocycles. The molecular weight excluding hydrogens is 218 g/mol. The van der Waals surface area contributed by atoms with Gasteiger partial charge in [0.2, 0.25) is 0 Å². The number of rotatable bonds is 2. The lowest BCUT2D eigenvalue weighted by atomic mass is 10.1. The van der Waals surface area contributed by atoms with Gasteiger partial charge in [0.05, 0.1) is 7.11 Å². The van der Waals surface area contributed by atoms with Crippen LogP contribution in [0.1, 0.15) is 23.2 Å². The molecule has 1 heterocycles. The molecular formula is C13H15NO3. The molecule has 0 unspecified atom stereocenters. The Morgan fingerprint density at radius 3 is 2.65 bits per heavy atom. The maximum Gasteiger partial charge on any atom is 0.254 e. The summed E-state index contributed by atoms with van der Waals surface area (Å²) in [7, 11) is 1.57. The van der Waals surface area contributed by atoms with Crippen molar-refractivity contribution >= 4 is 11.7 Å². The molecule has 17 heavy (non-hydrogen) atoms. The van der Waals surface area contributed by atoms with Crippen LogP contribution in [0.25, 0.3) is 0 Å². The number of methoxy groups -OCH3 is 1. The van der Waals surface area contributed by atoms with Crippen LogP contribution in [0.2, 0.25) is 0 Å². The highest BCUT2D eigenvalue weighted by Gasteiger charge is 2.21. The average molecular weight is 233 g/mol. The van der Waals surface area contributed by atoms with E-state index in [2.05, 4.69) is 0 Å². The van der Waals surface area contributed by atoms with E-state index in [1.54, 1.807) is 36.3 Å². The van der Waals surface area contributed by atoms with Crippen LogP contribution in [0.5, 0.6) is 5.75 Å². The van der Waals surface area contributed by atoms with Gasteiger partial charge in [-0.1, -0.05) is 6.07 Å². The van der Waals surface area contributed by atoms with Gasteiger partial charge < -0.3 is 9.64 Å². The van der Waals surface area contributed by atoms with E-state index in [9.17, 15) is 9.59 Å². The lowest BCUT2D eigenvalue weighted by Crippen LogP contribution is -2.38. The summed E-state index contributed by atoms with van der Waals surface area (Å²) < 4.78 is 5.08. The van der Waals surface area contributed by atoms with Crippen LogP contribution in [0.3, 0.4) is 0 Å². The summed E-state index contributed by atoms with van der Waals surface area (Å²) in [4.78, 5) is 25.0. The Bertz CT molecular complexity index is 432. The summed E-state index contributed by atoms with van der Waals surface area (Å²) in [6.07, 6.45) is 0.936. The highest BCUT2D eigenvalue weighted by atomic mass is 16.5. The van der Waals surface area contributed by atoms with Crippen LogP contribution in [0, 0.1) is 0 Å². The van der Waals surface area contributed by atoms with Gasteiger partial charge in [0.15, 0.2) is 0 Å². The largest absolute Gasteiger partial charge is 0.497 e. The summed E-state index contributed by atoms with van der Waals surface area (Å²) in [5.74, 6) is 0.875. The number of ketones is 1. The molecule has 90 valence electrons. The molecule has 4 nitrogen and oxygen atoms in total. The van der Waals surface area contributed by atoms with E-state index >= 15 is 0 Å². The number of nitrogens with zero attached hydrogens (tertiary/aromatic N) is 1. The third-order valence-electron chi connectivity index (χ3n) is 2.93. The van der Waals surface area contributed by atoms with E-state index in [1.807, 2.05) is 0 Å². The standard InChI is InChI=1S/C13H15NO3/c1-17-12-4-2-3-10(9-12)13(16)14-7-5-11(15)6-8-14/h2-4,9H,5-8H2,1H3. The molecule has 0 spiro atoms. The molecule has 1 aliphatic heterocycles. The van der Waals surface area contributed by atoms with E-state index in [0.29, 0.717) is 37.2 Å². The molecule has 0 saturated carbocycles. The first-order valence-electron chi connectivity index (χ1n) is 5.66. The second kappa shape index (κ2) is 4.99. The number of Topliss-reactive ketones (excluding diaryl/α,β-unsaturated/α-hetero) is 1. The van der Waals surface area contributed by atoms with Crippen molar-refractivity contribution < 1.29 is 14.3 Å². The summed E-state index contributed by atoms with van der Waals surface area (Å²) in [6, 6.07) is 7.08. The molecule has 0 N–H and O–H groups in total. The minimum Gasteiger partial charge on any atom is -0.497 e. The molecule has 2 rings (SSSR count). The van der Waals surface area contributed by atoms with Crippen LogP contribution < -0.4 is 4.74 Å². The molecule has 1 fully saturated rings. The van der Waals surface area contributed by atoms with E-state index in [0.717, 1.165) is 0 Å². The maximum absolute atomic E-state index is 12.1. The minimum atomic E-state index is -0.0311. The van der Waals surface area contributed by atoms with Crippen molar-refractivity contribution in [3.8, 4) is 5.75 Å². The number of amides is 1. The zero-order valence-corrected chi connectivity index (χ0v) is 9.81. The lowest BCUT2D eigenvalue weighted by molar-refractivity contribution is -0.120. The van der Waals surface area contributed by atoms with Gasteiger partial charge in [0.1, 0.15) is 11.5 Å². The van der Waals surface area contributed by atoms with Crippen molar-refractivity contribution in [2.75, 3.05) is 20.2 Å². The van der Waals surface area contributed by atoms with Crippen molar-refractivity contribution in [3.63, 3.8) is 0 Å². The van der Waals surface area contributed by atoms with Crippen LogP contribution in [-0.2, 0) is 4.79 Å². The third kappa shape index (κ3) is 2.64. The van der Waals surface area contributed by atoms with Crippen molar-refractivity contribution in [1.82, 2.24) is 4.90 Å². The fourth-order valence-corrected chi connectivity index (χ4v) is 1.90. The van der Waals surface area contributed by atoms with Gasteiger partial charge in [-0.25, -0.2) is 0 Å². The number of benzene rings is 1. The summed E-state index contributed by atoms with van der Waals surface area (Å²) in [6.45, 7) is 1.05. The zero-order valence-electron chi connectivity index (χ0n) is 9.81. The number of carbonyl (C=O) groups excluding carboxylic acids is 2. The molecule has 1 aliphatic rings. The number of ether oxygens (including phenoxy) is 1. The number of carbonyl (C=O) groups is 2. The maximum atomic E-state index is 12.1. The van der Waals surface area contributed by atoms with Gasteiger partial charge >= 0.3 is 0 Å². The van der Waals surface area contributed by atoms with E-state index in [1.165, 1.54) is 0 Å². The van der Waals surface area contributed by atoms with Gasteiger partial charge in [-0.15, -0.1) is 0 Å². The Balaban J connectivity index is 2.10. The van der Waals surface area contributed by atoms with Crippen molar-refractivity contribution in [1.29, 1.82) is 0 Å². The van der Waals surface area contributed by atoms with Crippen molar-refractivity contribution in [2.24, 2.45) is 0 Å². The zero-order chi connectivity index (χ0) is 12.3. The predicted octanol–water partition coefficient (Wildman–Crippen LogP) is 1.50. The van der Waals surface area contributed by atoms with Crippen molar-refractivity contribution in [2.45, 2.75) is 12.8 Å². The first-order chi connectivity index (χ1) is 8.20. The monoisotopic (exact) mass is 233 g/mol. The molecule has 0 aliphatic carbocycles. The Morgan fingerprint density at radius 2 is 2.00 bits per heavy atom. The number of likely N-dealkylation sites (tertiary alicyclic amines) is 1. The normalized spacial score (nSPS) is 15.8. The number of hydrogen-bond donors (Lipinski definition) is 0. The van der Waals surface area contributed by atoms with Crippen LogP contribution in [0.4, 0.5) is 0 Å². The fraction of sp³-hybridized carbons (Fsp3) is 0.385. The minimum absolute atomic E-state index is 0.0311. The quantitative estimate of drug-likeness (QED) is 0.777. The lowest BCUT2D eigenvalue weighted by Gasteiger charge is -2.26. The van der Waals surface area contributed by atoms with Gasteiger partial charge in [0, 0.05) is 31.5 Å². The Kier molecular flexibility index (Phi) is 3.42. The van der Waals surface area contributed by atoms with Gasteiger partial charge in [-0.2, -0.15) is 0 Å². The molecule has 0 atom stereocenters. The highest BCUT2D eigenvalue weighted by molar-refractivity contribution is 5.95. The molecule has 1 amide bonds. The Labute approximate surface area is 100 Å². The highest BCUT2D eigenvalue weighted by Crippen LogP contribution is 2.16. The van der Waals surface area contributed by atoms with Gasteiger partial charge in [-0.05, 0) is 18.2 Å². The summed E-state index contributed by atoms with van der Waals surface area (Å²) >= 11 is 0. The van der Waals surface area contributed by atoms with Crippen LogP contribution >= 0.6 is 0 Å². The second-order valence-corrected chi connectivity index (χ2v) is 4.06. The summed E-state index contributed by atoms with van der Waals surface area (Å²) in [5.41, 5.74) is 0.610. The second-order valence-electron chi connectivity index (χ2n) is 4.06. The predicted molar refractivity (Wildman–Crippen MR) is 63.1 cm³/mol.